The maximum atomic E-state index is 6.12. The molecule has 2 rings (SSSR count). The quantitative estimate of drug-likeness (QED) is 0.656. The second kappa shape index (κ2) is 6.01. The van der Waals surface area contributed by atoms with Crippen molar-refractivity contribution in [2.45, 2.75) is 45.1 Å². The number of anilines is 1. The van der Waals surface area contributed by atoms with Crippen LogP contribution in [0.5, 0.6) is 0 Å². The van der Waals surface area contributed by atoms with Gasteiger partial charge >= 0.3 is 0 Å². The van der Waals surface area contributed by atoms with E-state index in [0.717, 1.165) is 43.5 Å². The molecule has 17 heavy (non-hydrogen) atoms. The molecule has 1 heterocycles. The standard InChI is InChI=1S/C13H18ClN3/c1-2-6-11-12(14)15-9-16-13(11)17-10-7-4-3-5-8-10/h3-4,9-10H,2,5-8H2,1H3,(H,15,16,17). The van der Waals surface area contributed by atoms with E-state index in [1.54, 1.807) is 0 Å². The van der Waals surface area contributed by atoms with Crippen LogP contribution in [0.3, 0.4) is 0 Å². The van der Waals surface area contributed by atoms with Crippen LogP contribution in [0, 0.1) is 0 Å². The first-order chi connectivity index (χ1) is 8.31. The fourth-order valence-corrected chi connectivity index (χ4v) is 2.33. The number of nitrogens with zero attached hydrogens (tertiary/aromatic N) is 2. The highest BCUT2D eigenvalue weighted by Crippen LogP contribution is 2.24. The molecule has 0 fully saturated rings. The van der Waals surface area contributed by atoms with Crippen LogP contribution in [0.1, 0.15) is 38.2 Å². The van der Waals surface area contributed by atoms with Gasteiger partial charge in [0.25, 0.3) is 0 Å². The minimum absolute atomic E-state index is 0.474. The van der Waals surface area contributed by atoms with Gasteiger partial charge in [-0.05, 0) is 25.7 Å². The largest absolute Gasteiger partial charge is 0.367 e. The van der Waals surface area contributed by atoms with Crippen molar-refractivity contribution in [1.29, 1.82) is 0 Å². The summed E-state index contributed by atoms with van der Waals surface area (Å²) in [6.45, 7) is 2.14. The fourth-order valence-electron chi connectivity index (χ4n) is 2.10. The molecule has 3 nitrogen and oxygen atoms in total. The van der Waals surface area contributed by atoms with Gasteiger partial charge in [0, 0.05) is 11.6 Å². The lowest BCUT2D eigenvalue weighted by Gasteiger charge is -2.21. The topological polar surface area (TPSA) is 37.8 Å². The molecule has 92 valence electrons. The molecule has 0 aliphatic heterocycles. The second-order valence-electron chi connectivity index (χ2n) is 4.37. The number of halogens is 1. The van der Waals surface area contributed by atoms with Crippen molar-refractivity contribution in [3.8, 4) is 0 Å². The Hall–Kier alpha value is -1.09. The molecule has 0 aromatic carbocycles. The van der Waals surface area contributed by atoms with E-state index in [0.29, 0.717) is 11.2 Å². The van der Waals surface area contributed by atoms with E-state index >= 15 is 0 Å². The molecule has 1 aromatic rings. The van der Waals surface area contributed by atoms with E-state index in [1.807, 2.05) is 0 Å². The van der Waals surface area contributed by atoms with Crippen molar-refractivity contribution >= 4 is 17.4 Å². The summed E-state index contributed by atoms with van der Waals surface area (Å²) in [7, 11) is 0. The smallest absolute Gasteiger partial charge is 0.137 e. The van der Waals surface area contributed by atoms with Gasteiger partial charge in [-0.2, -0.15) is 0 Å². The van der Waals surface area contributed by atoms with E-state index in [9.17, 15) is 0 Å². The predicted molar refractivity (Wildman–Crippen MR) is 71.4 cm³/mol. The molecule has 0 spiro atoms. The molecular weight excluding hydrogens is 234 g/mol. The maximum Gasteiger partial charge on any atom is 0.137 e. The van der Waals surface area contributed by atoms with Crippen molar-refractivity contribution in [2.75, 3.05) is 5.32 Å². The normalized spacial score (nSPS) is 19.3. The van der Waals surface area contributed by atoms with E-state index in [1.165, 1.54) is 6.33 Å². The Balaban J connectivity index is 2.13. The van der Waals surface area contributed by atoms with Crippen molar-refractivity contribution in [1.82, 2.24) is 9.97 Å². The van der Waals surface area contributed by atoms with E-state index in [-0.39, 0.29) is 0 Å². The number of hydrogen-bond acceptors (Lipinski definition) is 3. The van der Waals surface area contributed by atoms with Gasteiger partial charge in [-0.15, -0.1) is 0 Å². The highest BCUT2D eigenvalue weighted by Gasteiger charge is 2.14. The summed E-state index contributed by atoms with van der Waals surface area (Å²) in [4.78, 5) is 8.37. The highest BCUT2D eigenvalue weighted by atomic mass is 35.5. The molecule has 1 atom stereocenters. The third-order valence-corrected chi connectivity index (χ3v) is 3.33. The number of nitrogens with one attached hydrogen (secondary N) is 1. The highest BCUT2D eigenvalue weighted by molar-refractivity contribution is 6.30. The minimum Gasteiger partial charge on any atom is -0.367 e. The summed E-state index contributed by atoms with van der Waals surface area (Å²) < 4.78 is 0. The molecule has 4 heteroatoms. The van der Waals surface area contributed by atoms with Crippen LogP contribution >= 0.6 is 11.6 Å². The Morgan fingerprint density at radius 1 is 1.41 bits per heavy atom. The Labute approximate surface area is 107 Å². The van der Waals surface area contributed by atoms with Gasteiger partial charge in [0.1, 0.15) is 17.3 Å². The third-order valence-electron chi connectivity index (χ3n) is 3.00. The molecule has 1 unspecified atom stereocenters. The first-order valence-corrected chi connectivity index (χ1v) is 6.60. The van der Waals surface area contributed by atoms with Gasteiger partial charge in [-0.1, -0.05) is 37.1 Å². The summed E-state index contributed by atoms with van der Waals surface area (Å²) in [5.74, 6) is 0.909. The Kier molecular flexibility index (Phi) is 4.37. The first kappa shape index (κ1) is 12.4. The van der Waals surface area contributed by atoms with Gasteiger partial charge in [0.15, 0.2) is 0 Å². The second-order valence-corrected chi connectivity index (χ2v) is 4.73. The van der Waals surface area contributed by atoms with E-state index < -0.39 is 0 Å². The average Bonchev–Trinajstić information content (AvgIpc) is 2.35. The summed E-state index contributed by atoms with van der Waals surface area (Å²) >= 11 is 6.12. The average molecular weight is 252 g/mol. The van der Waals surface area contributed by atoms with Crippen LogP contribution in [0.4, 0.5) is 5.82 Å². The monoisotopic (exact) mass is 251 g/mol. The van der Waals surface area contributed by atoms with E-state index in [4.69, 9.17) is 11.6 Å². The SMILES string of the molecule is CCCc1c(Cl)ncnc1NC1CC=CCC1. The van der Waals surface area contributed by atoms with E-state index in [2.05, 4.69) is 34.4 Å². The molecule has 1 aliphatic rings. The molecule has 1 aliphatic carbocycles. The molecular formula is C13H18ClN3. The van der Waals surface area contributed by atoms with Gasteiger partial charge in [0.2, 0.25) is 0 Å². The molecule has 0 saturated heterocycles. The van der Waals surface area contributed by atoms with Crippen molar-refractivity contribution in [3.63, 3.8) is 0 Å². The summed E-state index contributed by atoms with van der Waals surface area (Å²) in [6.07, 6.45) is 11.3. The lowest BCUT2D eigenvalue weighted by Crippen LogP contribution is -2.22. The summed E-state index contributed by atoms with van der Waals surface area (Å²) in [6, 6.07) is 0.474. The lowest BCUT2D eigenvalue weighted by molar-refractivity contribution is 0.640. The lowest BCUT2D eigenvalue weighted by atomic mass is 10.0. The van der Waals surface area contributed by atoms with Crippen LogP contribution in [0.15, 0.2) is 18.5 Å². The van der Waals surface area contributed by atoms with Gasteiger partial charge in [-0.3, -0.25) is 0 Å². The summed E-state index contributed by atoms with van der Waals surface area (Å²) in [5, 5.41) is 4.07. The van der Waals surface area contributed by atoms with Crippen LogP contribution < -0.4 is 5.32 Å². The van der Waals surface area contributed by atoms with Crippen LogP contribution in [0.2, 0.25) is 5.15 Å². The number of aromatic nitrogens is 2. The molecule has 0 bridgehead atoms. The van der Waals surface area contributed by atoms with Gasteiger partial charge < -0.3 is 5.32 Å². The van der Waals surface area contributed by atoms with Gasteiger partial charge in [-0.25, -0.2) is 9.97 Å². The Bertz CT molecular complexity index is 404. The van der Waals surface area contributed by atoms with Crippen LogP contribution in [0.25, 0.3) is 0 Å². The van der Waals surface area contributed by atoms with Crippen LogP contribution in [-0.2, 0) is 6.42 Å². The molecule has 0 saturated carbocycles. The molecule has 0 radical (unpaired) electrons. The minimum atomic E-state index is 0.474. The Morgan fingerprint density at radius 2 is 2.29 bits per heavy atom. The first-order valence-electron chi connectivity index (χ1n) is 6.22. The molecule has 0 amide bonds. The Morgan fingerprint density at radius 3 is 3.00 bits per heavy atom. The van der Waals surface area contributed by atoms with Crippen molar-refractivity contribution in [3.05, 3.63) is 29.2 Å². The van der Waals surface area contributed by atoms with Crippen LogP contribution in [-0.4, -0.2) is 16.0 Å². The zero-order valence-corrected chi connectivity index (χ0v) is 10.9. The van der Waals surface area contributed by atoms with Gasteiger partial charge in [0.05, 0.1) is 0 Å². The third kappa shape index (κ3) is 3.19. The van der Waals surface area contributed by atoms with Crippen molar-refractivity contribution < 1.29 is 0 Å². The number of rotatable bonds is 4. The molecule has 1 aromatic heterocycles. The molecule has 1 N–H and O–H groups in total. The van der Waals surface area contributed by atoms with Crippen molar-refractivity contribution in [2.24, 2.45) is 0 Å². The predicted octanol–water partition coefficient (Wildman–Crippen LogP) is 3.60. The zero-order valence-electron chi connectivity index (χ0n) is 10.1. The number of allylic oxidation sites excluding steroid dienone is 1. The number of hydrogen-bond donors (Lipinski definition) is 1. The zero-order chi connectivity index (χ0) is 12.1. The summed E-state index contributed by atoms with van der Waals surface area (Å²) in [5.41, 5.74) is 1.05. The fraction of sp³-hybridized carbons (Fsp3) is 0.538. The maximum absolute atomic E-state index is 6.12.